The number of hydrogen-bond donors (Lipinski definition) is 2. The van der Waals surface area contributed by atoms with Gasteiger partial charge in [-0.05, 0) is 57.5 Å². The number of furan rings is 1. The summed E-state index contributed by atoms with van der Waals surface area (Å²) < 4.78 is 5.36. The Hall–Kier alpha value is -0.800. The third-order valence-corrected chi connectivity index (χ3v) is 3.08. The second-order valence-corrected chi connectivity index (χ2v) is 4.36. The van der Waals surface area contributed by atoms with Crippen molar-refractivity contribution >= 4 is 0 Å². The van der Waals surface area contributed by atoms with Gasteiger partial charge in [0.15, 0.2) is 0 Å². The van der Waals surface area contributed by atoms with Gasteiger partial charge in [0, 0.05) is 0 Å². The average molecular weight is 208 g/mol. The standard InChI is InChI=1S/C12H20N2O/c1-10(12-5-3-7-15-12)14-9-11-4-2-6-13-8-11/h3,5,7,10-11,13-14H,2,4,6,8-9H2,1H3/t10-,11?/m0/s1. The van der Waals surface area contributed by atoms with Crippen molar-refractivity contribution in [2.45, 2.75) is 25.8 Å². The summed E-state index contributed by atoms with van der Waals surface area (Å²) in [6, 6.07) is 4.29. The van der Waals surface area contributed by atoms with E-state index in [2.05, 4.69) is 17.6 Å². The monoisotopic (exact) mass is 208 g/mol. The largest absolute Gasteiger partial charge is 0.468 e. The number of piperidine rings is 1. The van der Waals surface area contributed by atoms with E-state index in [0.717, 1.165) is 24.8 Å². The minimum absolute atomic E-state index is 0.321. The van der Waals surface area contributed by atoms with Crippen LogP contribution in [0.25, 0.3) is 0 Å². The molecule has 84 valence electrons. The van der Waals surface area contributed by atoms with Gasteiger partial charge in [0.05, 0.1) is 12.3 Å². The van der Waals surface area contributed by atoms with Gasteiger partial charge in [-0.2, -0.15) is 0 Å². The number of nitrogens with one attached hydrogen (secondary N) is 2. The maximum absolute atomic E-state index is 5.36. The molecule has 2 N–H and O–H groups in total. The Morgan fingerprint density at radius 1 is 1.67 bits per heavy atom. The molecule has 0 saturated carbocycles. The van der Waals surface area contributed by atoms with Crippen molar-refractivity contribution in [3.05, 3.63) is 24.2 Å². The summed E-state index contributed by atoms with van der Waals surface area (Å²) in [5.41, 5.74) is 0. The Kier molecular flexibility index (Phi) is 3.80. The minimum Gasteiger partial charge on any atom is -0.468 e. The van der Waals surface area contributed by atoms with Crippen LogP contribution in [0, 0.1) is 5.92 Å². The third-order valence-electron chi connectivity index (χ3n) is 3.08. The molecule has 2 atom stereocenters. The highest BCUT2D eigenvalue weighted by atomic mass is 16.3. The van der Waals surface area contributed by atoms with Gasteiger partial charge in [-0.25, -0.2) is 0 Å². The molecule has 0 amide bonds. The Balaban J connectivity index is 1.73. The molecule has 2 heterocycles. The topological polar surface area (TPSA) is 37.2 Å². The number of hydrogen-bond acceptors (Lipinski definition) is 3. The summed E-state index contributed by atoms with van der Waals surface area (Å²) in [6.07, 6.45) is 4.38. The van der Waals surface area contributed by atoms with E-state index >= 15 is 0 Å². The fourth-order valence-electron chi connectivity index (χ4n) is 2.08. The first-order valence-electron chi connectivity index (χ1n) is 5.84. The molecule has 0 aliphatic carbocycles. The summed E-state index contributed by atoms with van der Waals surface area (Å²) in [5, 5.41) is 6.95. The predicted molar refractivity (Wildman–Crippen MR) is 60.7 cm³/mol. The molecule has 1 saturated heterocycles. The quantitative estimate of drug-likeness (QED) is 0.794. The molecule has 1 aliphatic rings. The van der Waals surface area contributed by atoms with Gasteiger partial charge < -0.3 is 15.1 Å². The number of rotatable bonds is 4. The van der Waals surface area contributed by atoms with E-state index < -0.39 is 0 Å². The molecule has 1 aliphatic heterocycles. The van der Waals surface area contributed by atoms with Gasteiger partial charge in [0.2, 0.25) is 0 Å². The van der Waals surface area contributed by atoms with Crippen molar-refractivity contribution in [2.24, 2.45) is 5.92 Å². The van der Waals surface area contributed by atoms with Crippen molar-refractivity contribution in [2.75, 3.05) is 19.6 Å². The van der Waals surface area contributed by atoms with E-state index in [1.807, 2.05) is 12.1 Å². The molecule has 3 heteroatoms. The summed E-state index contributed by atoms with van der Waals surface area (Å²) in [5.74, 6) is 1.80. The Morgan fingerprint density at radius 2 is 2.60 bits per heavy atom. The Morgan fingerprint density at radius 3 is 3.27 bits per heavy atom. The summed E-state index contributed by atoms with van der Waals surface area (Å²) >= 11 is 0. The minimum atomic E-state index is 0.321. The van der Waals surface area contributed by atoms with E-state index in [9.17, 15) is 0 Å². The van der Waals surface area contributed by atoms with Crippen LogP contribution in [0.4, 0.5) is 0 Å². The van der Waals surface area contributed by atoms with E-state index in [0.29, 0.717) is 6.04 Å². The molecule has 15 heavy (non-hydrogen) atoms. The molecule has 0 aromatic carbocycles. The van der Waals surface area contributed by atoms with Crippen molar-refractivity contribution in [3.8, 4) is 0 Å². The van der Waals surface area contributed by atoms with Crippen LogP contribution in [0.15, 0.2) is 22.8 Å². The molecule has 0 radical (unpaired) electrons. The van der Waals surface area contributed by atoms with Crippen molar-refractivity contribution in [1.29, 1.82) is 0 Å². The molecular weight excluding hydrogens is 188 g/mol. The third kappa shape index (κ3) is 3.08. The summed E-state index contributed by atoms with van der Waals surface area (Å²) in [7, 11) is 0. The molecular formula is C12H20N2O. The molecule has 0 spiro atoms. The van der Waals surface area contributed by atoms with E-state index in [1.54, 1.807) is 6.26 Å². The second kappa shape index (κ2) is 5.33. The van der Waals surface area contributed by atoms with Crippen molar-refractivity contribution < 1.29 is 4.42 Å². The van der Waals surface area contributed by atoms with E-state index in [4.69, 9.17) is 4.42 Å². The van der Waals surface area contributed by atoms with Gasteiger partial charge in [0.1, 0.15) is 5.76 Å². The first-order chi connectivity index (χ1) is 7.36. The fourth-order valence-corrected chi connectivity index (χ4v) is 2.08. The van der Waals surface area contributed by atoms with Crippen LogP contribution in [-0.4, -0.2) is 19.6 Å². The van der Waals surface area contributed by atoms with Crippen molar-refractivity contribution in [3.63, 3.8) is 0 Å². The van der Waals surface area contributed by atoms with Crippen LogP contribution in [0.3, 0.4) is 0 Å². The Labute approximate surface area is 91.2 Å². The molecule has 2 rings (SSSR count). The lowest BCUT2D eigenvalue weighted by Gasteiger charge is -2.24. The second-order valence-electron chi connectivity index (χ2n) is 4.36. The lowest BCUT2D eigenvalue weighted by Crippen LogP contribution is -2.36. The van der Waals surface area contributed by atoms with Crippen LogP contribution < -0.4 is 10.6 Å². The summed E-state index contributed by atoms with van der Waals surface area (Å²) in [4.78, 5) is 0. The normalized spacial score (nSPS) is 23.9. The lowest BCUT2D eigenvalue weighted by atomic mass is 9.99. The van der Waals surface area contributed by atoms with Gasteiger partial charge >= 0.3 is 0 Å². The van der Waals surface area contributed by atoms with Gasteiger partial charge in [-0.1, -0.05) is 0 Å². The highest BCUT2D eigenvalue weighted by molar-refractivity contribution is 5.02. The first-order valence-corrected chi connectivity index (χ1v) is 5.84. The van der Waals surface area contributed by atoms with E-state index in [1.165, 1.54) is 19.4 Å². The average Bonchev–Trinajstić information content (AvgIpc) is 2.81. The zero-order valence-corrected chi connectivity index (χ0v) is 9.33. The molecule has 3 nitrogen and oxygen atoms in total. The van der Waals surface area contributed by atoms with Crippen molar-refractivity contribution in [1.82, 2.24) is 10.6 Å². The van der Waals surface area contributed by atoms with Gasteiger partial charge in [-0.15, -0.1) is 0 Å². The zero-order valence-electron chi connectivity index (χ0n) is 9.33. The van der Waals surface area contributed by atoms with Crippen LogP contribution in [-0.2, 0) is 0 Å². The van der Waals surface area contributed by atoms with Gasteiger partial charge in [-0.3, -0.25) is 0 Å². The molecule has 1 aromatic rings. The van der Waals surface area contributed by atoms with Crippen LogP contribution in [0.2, 0.25) is 0 Å². The highest BCUT2D eigenvalue weighted by Crippen LogP contribution is 2.14. The summed E-state index contributed by atoms with van der Waals surface area (Å²) in [6.45, 7) is 5.56. The maximum Gasteiger partial charge on any atom is 0.120 e. The van der Waals surface area contributed by atoms with Crippen LogP contribution >= 0.6 is 0 Å². The fraction of sp³-hybridized carbons (Fsp3) is 0.667. The maximum atomic E-state index is 5.36. The molecule has 1 fully saturated rings. The lowest BCUT2D eigenvalue weighted by molar-refractivity contribution is 0.335. The molecule has 0 bridgehead atoms. The Bertz CT molecular complexity index is 265. The highest BCUT2D eigenvalue weighted by Gasteiger charge is 2.14. The first kappa shape index (κ1) is 10.7. The zero-order chi connectivity index (χ0) is 10.5. The van der Waals surface area contributed by atoms with Crippen LogP contribution in [0.1, 0.15) is 31.6 Å². The van der Waals surface area contributed by atoms with E-state index in [-0.39, 0.29) is 0 Å². The van der Waals surface area contributed by atoms with Gasteiger partial charge in [0.25, 0.3) is 0 Å². The molecule has 1 aromatic heterocycles. The van der Waals surface area contributed by atoms with Crippen LogP contribution in [0.5, 0.6) is 0 Å². The SMILES string of the molecule is C[C@H](NCC1CCCNC1)c1ccco1. The predicted octanol–water partition coefficient (Wildman–Crippen LogP) is 1.93. The smallest absolute Gasteiger partial charge is 0.120 e. The molecule has 1 unspecified atom stereocenters.